The maximum absolute atomic E-state index is 11.1. The van der Waals surface area contributed by atoms with Gasteiger partial charge >= 0.3 is 5.97 Å². The van der Waals surface area contributed by atoms with Gasteiger partial charge in [-0.3, -0.25) is 14.5 Å². The summed E-state index contributed by atoms with van der Waals surface area (Å²) in [4.78, 5) is 36.7. The van der Waals surface area contributed by atoms with Gasteiger partial charge in [0.05, 0.1) is 0 Å². The molecule has 1 unspecified atom stereocenters. The Labute approximate surface area is 106 Å². The molecule has 0 bridgehead atoms. The first-order valence-corrected chi connectivity index (χ1v) is 5.88. The number of piperazine rings is 1. The van der Waals surface area contributed by atoms with Crippen molar-refractivity contribution in [2.45, 2.75) is 19.9 Å². The summed E-state index contributed by atoms with van der Waals surface area (Å²) in [6.45, 7) is 5.53. The lowest BCUT2D eigenvalue weighted by atomic mass is 10.2. The second-order valence-corrected chi connectivity index (χ2v) is 4.40. The Hall–Kier alpha value is -1.63. The molecule has 0 spiro atoms. The summed E-state index contributed by atoms with van der Waals surface area (Å²) in [5, 5.41) is 11.4. The van der Waals surface area contributed by atoms with E-state index in [1.165, 1.54) is 13.8 Å². The normalized spacial score (nSPS) is 18.2. The predicted molar refractivity (Wildman–Crippen MR) is 63.9 cm³/mol. The van der Waals surface area contributed by atoms with Gasteiger partial charge < -0.3 is 15.3 Å². The maximum atomic E-state index is 11.1. The summed E-state index contributed by atoms with van der Waals surface area (Å²) in [7, 11) is 0. The molecule has 0 aromatic heterocycles. The van der Waals surface area contributed by atoms with Gasteiger partial charge in [0.15, 0.2) is 0 Å². The largest absolute Gasteiger partial charge is 0.480 e. The Morgan fingerprint density at radius 2 is 1.72 bits per heavy atom. The van der Waals surface area contributed by atoms with E-state index in [1.54, 1.807) is 4.90 Å². The summed E-state index contributed by atoms with van der Waals surface area (Å²) in [5.41, 5.74) is 0. The molecule has 1 aliphatic rings. The van der Waals surface area contributed by atoms with Gasteiger partial charge in [0, 0.05) is 46.6 Å². The topological polar surface area (TPSA) is 90.0 Å². The van der Waals surface area contributed by atoms with Gasteiger partial charge in [0.2, 0.25) is 11.8 Å². The summed E-state index contributed by atoms with van der Waals surface area (Å²) in [6.07, 6.45) is 0. The SMILES string of the molecule is CC(=O)NC(CN1CCN(C(C)=O)CC1)C(=O)O. The summed E-state index contributed by atoms with van der Waals surface area (Å²) in [6, 6.07) is -0.897. The average molecular weight is 257 g/mol. The molecule has 18 heavy (non-hydrogen) atoms. The lowest BCUT2D eigenvalue weighted by molar-refractivity contribution is -0.142. The molecule has 2 amide bonds. The van der Waals surface area contributed by atoms with Crippen LogP contribution in [0, 0.1) is 0 Å². The number of hydrogen-bond donors (Lipinski definition) is 2. The van der Waals surface area contributed by atoms with E-state index in [0.29, 0.717) is 26.2 Å². The van der Waals surface area contributed by atoms with Crippen molar-refractivity contribution in [3.63, 3.8) is 0 Å². The van der Waals surface area contributed by atoms with Gasteiger partial charge in [0.1, 0.15) is 6.04 Å². The number of nitrogens with zero attached hydrogens (tertiary/aromatic N) is 2. The Balaban J connectivity index is 2.44. The number of nitrogens with one attached hydrogen (secondary N) is 1. The Kier molecular flexibility index (Phi) is 5.08. The van der Waals surface area contributed by atoms with E-state index in [4.69, 9.17) is 5.11 Å². The highest BCUT2D eigenvalue weighted by atomic mass is 16.4. The molecule has 0 aromatic rings. The van der Waals surface area contributed by atoms with Crippen LogP contribution in [-0.2, 0) is 14.4 Å². The van der Waals surface area contributed by atoms with Crippen LogP contribution in [0.1, 0.15) is 13.8 Å². The average Bonchev–Trinajstić information content (AvgIpc) is 2.28. The zero-order valence-electron chi connectivity index (χ0n) is 10.7. The maximum Gasteiger partial charge on any atom is 0.327 e. The first kappa shape index (κ1) is 14.4. The number of aliphatic carboxylic acids is 1. The highest BCUT2D eigenvalue weighted by molar-refractivity contribution is 5.82. The monoisotopic (exact) mass is 257 g/mol. The fourth-order valence-electron chi connectivity index (χ4n) is 1.93. The Morgan fingerprint density at radius 1 is 1.17 bits per heavy atom. The number of carbonyl (C=O) groups is 3. The molecule has 0 saturated carbocycles. The molecule has 1 heterocycles. The van der Waals surface area contributed by atoms with Crippen molar-refractivity contribution in [3.05, 3.63) is 0 Å². The highest BCUT2D eigenvalue weighted by Crippen LogP contribution is 2.03. The lowest BCUT2D eigenvalue weighted by Gasteiger charge is -2.35. The molecule has 1 rings (SSSR count). The minimum absolute atomic E-state index is 0.0336. The molecule has 2 N–H and O–H groups in total. The minimum atomic E-state index is -1.04. The summed E-state index contributed by atoms with van der Waals surface area (Å²) >= 11 is 0. The van der Waals surface area contributed by atoms with E-state index in [2.05, 4.69) is 5.32 Å². The van der Waals surface area contributed by atoms with Crippen LogP contribution in [-0.4, -0.2) is 71.5 Å². The van der Waals surface area contributed by atoms with E-state index in [0.717, 1.165) is 0 Å². The quantitative estimate of drug-likeness (QED) is 0.656. The van der Waals surface area contributed by atoms with Crippen LogP contribution in [0.3, 0.4) is 0 Å². The highest BCUT2D eigenvalue weighted by Gasteiger charge is 2.25. The first-order valence-electron chi connectivity index (χ1n) is 5.88. The van der Waals surface area contributed by atoms with E-state index in [-0.39, 0.29) is 18.4 Å². The molecule has 7 nitrogen and oxygen atoms in total. The zero-order valence-corrected chi connectivity index (χ0v) is 10.7. The molecule has 1 aliphatic heterocycles. The molecule has 7 heteroatoms. The van der Waals surface area contributed by atoms with E-state index in [1.807, 2.05) is 4.90 Å². The standard InChI is InChI=1S/C11H19N3O4/c1-8(15)12-10(11(17)18)7-13-3-5-14(6-4-13)9(2)16/h10H,3-7H2,1-2H3,(H,12,15)(H,17,18). The van der Waals surface area contributed by atoms with Crippen LogP contribution < -0.4 is 5.32 Å². The van der Waals surface area contributed by atoms with Gasteiger partial charge in [-0.1, -0.05) is 0 Å². The van der Waals surface area contributed by atoms with Crippen LogP contribution >= 0.6 is 0 Å². The molecule has 1 fully saturated rings. The summed E-state index contributed by atoms with van der Waals surface area (Å²) < 4.78 is 0. The third-order valence-electron chi connectivity index (χ3n) is 2.93. The number of carbonyl (C=O) groups excluding carboxylic acids is 2. The van der Waals surface area contributed by atoms with E-state index < -0.39 is 12.0 Å². The predicted octanol–water partition coefficient (Wildman–Crippen LogP) is -1.26. The number of carboxylic acids is 1. The van der Waals surface area contributed by atoms with Crippen molar-refractivity contribution in [1.82, 2.24) is 15.1 Å². The van der Waals surface area contributed by atoms with E-state index >= 15 is 0 Å². The fraction of sp³-hybridized carbons (Fsp3) is 0.727. The van der Waals surface area contributed by atoms with Crippen LogP contribution in [0.25, 0.3) is 0 Å². The third kappa shape index (κ3) is 4.33. The molecular weight excluding hydrogens is 238 g/mol. The molecule has 0 aliphatic carbocycles. The smallest absolute Gasteiger partial charge is 0.327 e. The minimum Gasteiger partial charge on any atom is -0.480 e. The number of rotatable bonds is 4. The van der Waals surface area contributed by atoms with Crippen molar-refractivity contribution in [1.29, 1.82) is 0 Å². The van der Waals surface area contributed by atoms with Crippen LogP contribution in [0.5, 0.6) is 0 Å². The Morgan fingerprint density at radius 3 is 2.11 bits per heavy atom. The second-order valence-electron chi connectivity index (χ2n) is 4.40. The molecule has 102 valence electrons. The summed E-state index contributed by atoms with van der Waals surface area (Å²) in [5.74, 6) is -1.37. The van der Waals surface area contributed by atoms with Gasteiger partial charge in [-0.05, 0) is 0 Å². The van der Waals surface area contributed by atoms with Crippen molar-refractivity contribution in [2.75, 3.05) is 32.7 Å². The molecule has 1 atom stereocenters. The van der Waals surface area contributed by atoms with Crippen molar-refractivity contribution < 1.29 is 19.5 Å². The number of carboxylic acid groups (broad SMARTS) is 1. The number of hydrogen-bond acceptors (Lipinski definition) is 4. The van der Waals surface area contributed by atoms with Crippen LogP contribution in [0.15, 0.2) is 0 Å². The fourth-order valence-corrected chi connectivity index (χ4v) is 1.93. The van der Waals surface area contributed by atoms with Crippen LogP contribution in [0.2, 0.25) is 0 Å². The van der Waals surface area contributed by atoms with Crippen molar-refractivity contribution in [3.8, 4) is 0 Å². The number of amides is 2. The van der Waals surface area contributed by atoms with Crippen molar-refractivity contribution in [2.24, 2.45) is 0 Å². The first-order chi connectivity index (χ1) is 8.40. The molecule has 1 saturated heterocycles. The van der Waals surface area contributed by atoms with Gasteiger partial charge in [-0.15, -0.1) is 0 Å². The molecular formula is C11H19N3O4. The van der Waals surface area contributed by atoms with Gasteiger partial charge in [-0.25, -0.2) is 4.79 Å². The molecule has 0 radical (unpaired) electrons. The lowest BCUT2D eigenvalue weighted by Crippen LogP contribution is -2.54. The third-order valence-corrected chi connectivity index (χ3v) is 2.93. The second kappa shape index (κ2) is 6.34. The molecule has 0 aromatic carbocycles. The van der Waals surface area contributed by atoms with Crippen LogP contribution in [0.4, 0.5) is 0 Å². The van der Waals surface area contributed by atoms with Gasteiger partial charge in [0.25, 0.3) is 0 Å². The Bertz CT molecular complexity index is 337. The van der Waals surface area contributed by atoms with Gasteiger partial charge in [-0.2, -0.15) is 0 Å². The van der Waals surface area contributed by atoms with Crippen molar-refractivity contribution >= 4 is 17.8 Å². The zero-order chi connectivity index (χ0) is 13.7. The van der Waals surface area contributed by atoms with E-state index in [9.17, 15) is 14.4 Å².